The summed E-state index contributed by atoms with van der Waals surface area (Å²) >= 11 is 0. The van der Waals surface area contributed by atoms with Gasteiger partial charge in [-0.05, 0) is 47.9 Å². The number of terminal acetylenes is 1. The van der Waals surface area contributed by atoms with Gasteiger partial charge in [-0.2, -0.15) is 0 Å². The van der Waals surface area contributed by atoms with Crippen LogP contribution >= 0.6 is 0 Å². The first kappa shape index (κ1) is 15.4. The lowest BCUT2D eigenvalue weighted by molar-refractivity contribution is 0.415. The molecule has 0 spiro atoms. The molecule has 0 aliphatic heterocycles. The zero-order valence-corrected chi connectivity index (χ0v) is 13.0. The summed E-state index contributed by atoms with van der Waals surface area (Å²) in [5.41, 5.74) is 1.25. The molecule has 0 aliphatic carbocycles. The zero-order chi connectivity index (χ0) is 15.2. The van der Waals surface area contributed by atoms with Crippen molar-refractivity contribution in [2.45, 2.75) is 38.8 Å². The molecule has 1 N–H and O–H groups in total. The molecule has 2 unspecified atom stereocenters. The third-order valence-corrected chi connectivity index (χ3v) is 3.80. The third kappa shape index (κ3) is 3.77. The van der Waals surface area contributed by atoms with Gasteiger partial charge in [-0.25, -0.2) is 0 Å². The van der Waals surface area contributed by atoms with Crippen LogP contribution in [0.3, 0.4) is 0 Å². The van der Waals surface area contributed by atoms with Gasteiger partial charge in [0.2, 0.25) is 0 Å². The number of benzene rings is 2. The molecule has 0 saturated carbocycles. The van der Waals surface area contributed by atoms with E-state index in [0.717, 1.165) is 18.6 Å². The molecule has 0 bridgehead atoms. The van der Waals surface area contributed by atoms with E-state index in [1.165, 1.54) is 16.3 Å². The third-order valence-electron chi connectivity index (χ3n) is 3.80. The van der Waals surface area contributed by atoms with Gasteiger partial charge in [0.05, 0.1) is 13.2 Å². The second-order valence-electron chi connectivity index (χ2n) is 5.37. The van der Waals surface area contributed by atoms with E-state index >= 15 is 0 Å². The van der Waals surface area contributed by atoms with Crippen molar-refractivity contribution in [3.8, 4) is 18.1 Å². The normalized spacial score (nSPS) is 13.6. The van der Waals surface area contributed by atoms with Gasteiger partial charge >= 0.3 is 0 Å². The van der Waals surface area contributed by atoms with Gasteiger partial charge in [-0.3, -0.25) is 5.32 Å². The standard InChI is InChI=1S/C19H23NO/c1-5-7-18(6-2)20-14(3)15-8-9-17-13-19(21-4)11-10-16(17)12-15/h2,8-14,18,20H,5,7H2,1,3-4H3. The van der Waals surface area contributed by atoms with Crippen LogP contribution in [0.1, 0.15) is 38.3 Å². The van der Waals surface area contributed by atoms with Gasteiger partial charge in [0, 0.05) is 6.04 Å². The molecule has 2 aromatic carbocycles. The van der Waals surface area contributed by atoms with E-state index in [4.69, 9.17) is 11.2 Å². The van der Waals surface area contributed by atoms with Crippen molar-refractivity contribution in [1.29, 1.82) is 0 Å². The molecule has 0 saturated heterocycles. The molecular formula is C19H23NO. The van der Waals surface area contributed by atoms with Gasteiger partial charge in [0.15, 0.2) is 0 Å². The Morgan fingerprint density at radius 1 is 1.19 bits per heavy atom. The molecule has 21 heavy (non-hydrogen) atoms. The molecule has 0 aromatic heterocycles. The quantitative estimate of drug-likeness (QED) is 0.797. The van der Waals surface area contributed by atoms with Crippen LogP contribution in [0.5, 0.6) is 5.75 Å². The highest BCUT2D eigenvalue weighted by atomic mass is 16.5. The van der Waals surface area contributed by atoms with E-state index in [-0.39, 0.29) is 12.1 Å². The Balaban J connectivity index is 2.20. The molecule has 0 radical (unpaired) electrons. The lowest BCUT2D eigenvalue weighted by Crippen LogP contribution is -2.30. The van der Waals surface area contributed by atoms with Crippen molar-refractivity contribution in [2.24, 2.45) is 0 Å². The van der Waals surface area contributed by atoms with Gasteiger partial charge in [0.1, 0.15) is 5.75 Å². The maximum Gasteiger partial charge on any atom is 0.119 e. The molecule has 2 atom stereocenters. The second kappa shape index (κ2) is 7.15. The number of methoxy groups -OCH3 is 1. The first-order valence-corrected chi connectivity index (χ1v) is 7.47. The van der Waals surface area contributed by atoms with E-state index in [9.17, 15) is 0 Å². The van der Waals surface area contributed by atoms with Crippen LogP contribution in [0.15, 0.2) is 36.4 Å². The first-order valence-electron chi connectivity index (χ1n) is 7.47. The van der Waals surface area contributed by atoms with Crippen molar-refractivity contribution in [3.63, 3.8) is 0 Å². The van der Waals surface area contributed by atoms with E-state index in [2.05, 4.69) is 55.4 Å². The van der Waals surface area contributed by atoms with Gasteiger partial charge in [0.25, 0.3) is 0 Å². The Labute approximate surface area is 127 Å². The first-order chi connectivity index (χ1) is 10.2. The summed E-state index contributed by atoms with van der Waals surface area (Å²) in [7, 11) is 1.69. The highest BCUT2D eigenvalue weighted by molar-refractivity contribution is 5.84. The number of hydrogen-bond donors (Lipinski definition) is 1. The van der Waals surface area contributed by atoms with Gasteiger partial charge in [-0.15, -0.1) is 6.42 Å². The lowest BCUT2D eigenvalue weighted by Gasteiger charge is -2.19. The highest BCUT2D eigenvalue weighted by Crippen LogP contribution is 2.24. The Bertz CT molecular complexity index is 642. The van der Waals surface area contributed by atoms with Gasteiger partial charge < -0.3 is 4.74 Å². The fourth-order valence-corrected chi connectivity index (χ4v) is 2.54. The predicted molar refractivity (Wildman–Crippen MR) is 89.6 cm³/mol. The van der Waals surface area contributed by atoms with Crippen molar-refractivity contribution < 1.29 is 4.74 Å². The average Bonchev–Trinajstić information content (AvgIpc) is 2.53. The topological polar surface area (TPSA) is 21.3 Å². The van der Waals surface area contributed by atoms with Crippen LogP contribution in [0.25, 0.3) is 10.8 Å². The summed E-state index contributed by atoms with van der Waals surface area (Å²) in [6.07, 6.45) is 7.68. The maximum atomic E-state index is 5.58. The Hall–Kier alpha value is -1.98. The summed E-state index contributed by atoms with van der Waals surface area (Å²) in [5, 5.41) is 5.91. The Kier molecular flexibility index (Phi) is 5.25. The van der Waals surface area contributed by atoms with Crippen molar-refractivity contribution >= 4 is 10.8 Å². The molecule has 0 aliphatic rings. The summed E-state index contributed by atoms with van der Waals surface area (Å²) < 4.78 is 5.26. The van der Waals surface area contributed by atoms with Gasteiger partial charge in [-0.1, -0.05) is 37.5 Å². The van der Waals surface area contributed by atoms with Crippen molar-refractivity contribution in [3.05, 3.63) is 42.0 Å². The lowest BCUT2D eigenvalue weighted by atomic mass is 10.0. The molecule has 2 aromatic rings. The molecule has 110 valence electrons. The number of nitrogens with one attached hydrogen (secondary N) is 1. The largest absolute Gasteiger partial charge is 0.497 e. The molecule has 2 nitrogen and oxygen atoms in total. The minimum atomic E-state index is 0.136. The highest BCUT2D eigenvalue weighted by Gasteiger charge is 2.11. The van der Waals surface area contributed by atoms with Crippen molar-refractivity contribution in [1.82, 2.24) is 5.32 Å². The minimum Gasteiger partial charge on any atom is -0.497 e. The fourth-order valence-electron chi connectivity index (χ4n) is 2.54. The number of rotatable bonds is 6. The summed E-state index contributed by atoms with van der Waals surface area (Å²) in [5.74, 6) is 3.71. The Morgan fingerprint density at radius 2 is 1.90 bits per heavy atom. The molecule has 2 rings (SSSR count). The smallest absolute Gasteiger partial charge is 0.119 e. The number of ether oxygens (including phenoxy) is 1. The molecule has 0 fully saturated rings. The number of fused-ring (bicyclic) bond motifs is 1. The summed E-state index contributed by atoms with van der Waals surface area (Å²) in [6, 6.07) is 13.0. The van der Waals surface area contributed by atoms with Crippen LogP contribution in [0.2, 0.25) is 0 Å². The predicted octanol–water partition coefficient (Wildman–Crippen LogP) is 4.30. The fraction of sp³-hybridized carbons (Fsp3) is 0.368. The maximum absolute atomic E-state index is 5.58. The van der Waals surface area contributed by atoms with E-state index in [0.29, 0.717) is 0 Å². The minimum absolute atomic E-state index is 0.136. The monoisotopic (exact) mass is 281 g/mol. The zero-order valence-electron chi connectivity index (χ0n) is 13.0. The van der Waals surface area contributed by atoms with E-state index < -0.39 is 0 Å². The van der Waals surface area contributed by atoms with Crippen LogP contribution in [0, 0.1) is 12.3 Å². The molecule has 0 amide bonds. The summed E-state index contributed by atoms with van der Waals surface area (Å²) in [4.78, 5) is 0. The van der Waals surface area contributed by atoms with Crippen LogP contribution in [-0.4, -0.2) is 13.2 Å². The SMILES string of the molecule is C#CC(CCC)NC(C)c1ccc2cc(OC)ccc2c1. The molecule has 2 heteroatoms. The van der Waals surface area contributed by atoms with Crippen LogP contribution < -0.4 is 10.1 Å². The van der Waals surface area contributed by atoms with Crippen molar-refractivity contribution in [2.75, 3.05) is 7.11 Å². The summed E-state index contributed by atoms with van der Waals surface area (Å²) in [6.45, 7) is 4.31. The average molecular weight is 281 g/mol. The van der Waals surface area contributed by atoms with E-state index in [1.807, 2.05) is 6.07 Å². The second-order valence-corrected chi connectivity index (χ2v) is 5.37. The van der Waals surface area contributed by atoms with Crippen LogP contribution in [0.4, 0.5) is 0 Å². The Morgan fingerprint density at radius 3 is 2.57 bits per heavy atom. The van der Waals surface area contributed by atoms with Crippen LogP contribution in [-0.2, 0) is 0 Å². The molecule has 0 heterocycles. The molecular weight excluding hydrogens is 258 g/mol. The number of hydrogen-bond acceptors (Lipinski definition) is 2. The van der Waals surface area contributed by atoms with E-state index in [1.54, 1.807) is 7.11 Å².